The van der Waals surface area contributed by atoms with Crippen molar-refractivity contribution < 1.29 is 14.7 Å². The Hall–Kier alpha value is -2.04. The molecule has 5 heteroatoms. The van der Waals surface area contributed by atoms with Crippen molar-refractivity contribution in [3.8, 4) is 0 Å². The number of carbonyl (C=O) groups is 2. The summed E-state index contributed by atoms with van der Waals surface area (Å²) < 4.78 is 0. The van der Waals surface area contributed by atoms with Crippen LogP contribution >= 0.6 is 0 Å². The molecule has 16 heavy (non-hydrogen) atoms. The average molecular weight is 220 g/mol. The first-order valence-electron chi connectivity index (χ1n) is 5.06. The number of hydrogen-bond donors (Lipinski definition) is 3. The molecule has 1 atom stereocenters. The molecule has 0 bridgehead atoms. The van der Waals surface area contributed by atoms with Crippen LogP contribution in [0.4, 0.5) is 11.4 Å². The molecule has 1 aromatic carbocycles. The van der Waals surface area contributed by atoms with Gasteiger partial charge in [-0.1, -0.05) is 6.92 Å². The van der Waals surface area contributed by atoms with Crippen LogP contribution in [0.15, 0.2) is 18.2 Å². The van der Waals surface area contributed by atoms with E-state index in [0.717, 1.165) is 5.69 Å². The third-order valence-electron chi connectivity index (χ3n) is 2.58. The van der Waals surface area contributed by atoms with E-state index in [2.05, 4.69) is 10.6 Å². The van der Waals surface area contributed by atoms with Crippen LogP contribution in [-0.2, 0) is 4.79 Å². The van der Waals surface area contributed by atoms with E-state index in [1.54, 1.807) is 6.07 Å². The van der Waals surface area contributed by atoms with Gasteiger partial charge < -0.3 is 15.7 Å². The third kappa shape index (κ3) is 1.71. The number of carboxylic acids is 1. The van der Waals surface area contributed by atoms with Crippen LogP contribution in [0.2, 0.25) is 0 Å². The highest BCUT2D eigenvalue weighted by atomic mass is 16.4. The van der Waals surface area contributed by atoms with E-state index >= 15 is 0 Å². The van der Waals surface area contributed by atoms with Crippen LogP contribution in [-0.4, -0.2) is 23.0 Å². The van der Waals surface area contributed by atoms with Crippen LogP contribution in [0, 0.1) is 0 Å². The molecule has 0 aliphatic carbocycles. The van der Waals surface area contributed by atoms with Gasteiger partial charge in [-0.15, -0.1) is 0 Å². The predicted octanol–water partition coefficient (Wildman–Crippen LogP) is 1.53. The van der Waals surface area contributed by atoms with Crippen LogP contribution in [0.3, 0.4) is 0 Å². The van der Waals surface area contributed by atoms with Crippen molar-refractivity contribution in [2.75, 3.05) is 10.6 Å². The normalized spacial score (nSPS) is 18.3. The van der Waals surface area contributed by atoms with Gasteiger partial charge in [-0.25, -0.2) is 4.79 Å². The molecule has 0 spiro atoms. The lowest BCUT2D eigenvalue weighted by Crippen LogP contribution is -2.38. The number of carboxylic acid groups (broad SMARTS) is 1. The lowest BCUT2D eigenvalue weighted by Gasteiger charge is -2.26. The van der Waals surface area contributed by atoms with Crippen molar-refractivity contribution in [2.24, 2.45) is 0 Å². The fraction of sp³-hybridized carbons (Fsp3) is 0.273. The molecule has 0 unspecified atom stereocenters. The smallest absolute Gasteiger partial charge is 0.335 e. The number of anilines is 2. The summed E-state index contributed by atoms with van der Waals surface area (Å²) in [5.74, 6) is -1.13. The third-order valence-corrected chi connectivity index (χ3v) is 2.58. The maximum absolute atomic E-state index is 11.5. The maximum Gasteiger partial charge on any atom is 0.335 e. The molecule has 0 aromatic heterocycles. The summed E-state index contributed by atoms with van der Waals surface area (Å²) >= 11 is 0. The van der Waals surface area contributed by atoms with Gasteiger partial charge in [0.05, 0.1) is 16.9 Å². The van der Waals surface area contributed by atoms with Crippen LogP contribution < -0.4 is 10.6 Å². The highest BCUT2D eigenvalue weighted by molar-refractivity contribution is 6.04. The molecule has 3 N–H and O–H groups in total. The molecule has 0 fully saturated rings. The summed E-state index contributed by atoms with van der Waals surface area (Å²) in [6, 6.07) is 4.39. The Kier molecular flexibility index (Phi) is 2.52. The summed E-state index contributed by atoms with van der Waals surface area (Å²) in [6.45, 7) is 1.91. The number of nitrogens with one attached hydrogen (secondary N) is 2. The minimum Gasteiger partial charge on any atom is -0.478 e. The minimum atomic E-state index is -1.00. The van der Waals surface area contributed by atoms with Gasteiger partial charge in [-0.3, -0.25) is 4.79 Å². The molecule has 5 nitrogen and oxygen atoms in total. The van der Waals surface area contributed by atoms with Gasteiger partial charge in [0.25, 0.3) is 0 Å². The van der Waals surface area contributed by atoms with Gasteiger partial charge in [-0.2, -0.15) is 0 Å². The van der Waals surface area contributed by atoms with E-state index in [1.807, 2.05) is 6.92 Å². The number of aromatic carboxylic acids is 1. The first-order chi connectivity index (χ1) is 7.61. The van der Waals surface area contributed by atoms with Gasteiger partial charge in [-0.05, 0) is 24.6 Å². The second-order valence-corrected chi connectivity index (χ2v) is 3.66. The highest BCUT2D eigenvalue weighted by Crippen LogP contribution is 2.28. The molecule has 0 radical (unpaired) electrons. The summed E-state index contributed by atoms with van der Waals surface area (Å²) in [5, 5.41) is 14.6. The zero-order chi connectivity index (χ0) is 11.7. The van der Waals surface area contributed by atoms with E-state index in [0.29, 0.717) is 12.1 Å². The molecular formula is C11H12N2O3. The lowest BCUT2D eigenvalue weighted by atomic mass is 10.1. The average Bonchev–Trinajstić information content (AvgIpc) is 2.27. The second-order valence-electron chi connectivity index (χ2n) is 3.66. The lowest BCUT2D eigenvalue weighted by molar-refractivity contribution is -0.117. The molecule has 0 saturated carbocycles. The van der Waals surface area contributed by atoms with Crippen molar-refractivity contribution in [1.82, 2.24) is 0 Å². The van der Waals surface area contributed by atoms with Crippen molar-refractivity contribution in [2.45, 2.75) is 19.4 Å². The van der Waals surface area contributed by atoms with Crippen LogP contribution in [0.1, 0.15) is 23.7 Å². The Labute approximate surface area is 92.5 Å². The number of benzene rings is 1. The Morgan fingerprint density at radius 1 is 1.44 bits per heavy atom. The second kappa shape index (κ2) is 3.84. The zero-order valence-electron chi connectivity index (χ0n) is 8.78. The van der Waals surface area contributed by atoms with Crippen molar-refractivity contribution in [3.63, 3.8) is 0 Å². The van der Waals surface area contributed by atoms with Crippen molar-refractivity contribution in [1.29, 1.82) is 0 Å². The molecule has 1 aliphatic heterocycles. The Balaban J connectivity index is 2.36. The van der Waals surface area contributed by atoms with E-state index < -0.39 is 5.97 Å². The quantitative estimate of drug-likeness (QED) is 0.706. The van der Waals surface area contributed by atoms with Crippen LogP contribution in [0.5, 0.6) is 0 Å². The molecular weight excluding hydrogens is 208 g/mol. The number of amides is 1. The van der Waals surface area contributed by atoms with E-state index in [-0.39, 0.29) is 17.5 Å². The highest BCUT2D eigenvalue weighted by Gasteiger charge is 2.24. The fourth-order valence-electron chi connectivity index (χ4n) is 1.67. The molecule has 2 rings (SSSR count). The first kappa shape index (κ1) is 10.5. The monoisotopic (exact) mass is 220 g/mol. The molecule has 1 heterocycles. The number of carbonyl (C=O) groups excluding carboxylic acids is 1. The summed E-state index contributed by atoms with van der Waals surface area (Å²) in [5.41, 5.74) is 1.45. The summed E-state index contributed by atoms with van der Waals surface area (Å²) in [6.07, 6.45) is 0.686. The van der Waals surface area contributed by atoms with Gasteiger partial charge in [0, 0.05) is 0 Å². The number of fused-ring (bicyclic) bond motifs is 1. The molecule has 1 aliphatic rings. The van der Waals surface area contributed by atoms with Gasteiger partial charge in [0.15, 0.2) is 0 Å². The molecule has 1 amide bonds. The Morgan fingerprint density at radius 2 is 2.19 bits per heavy atom. The van der Waals surface area contributed by atoms with Gasteiger partial charge >= 0.3 is 5.97 Å². The fourth-order valence-corrected chi connectivity index (χ4v) is 1.67. The molecule has 1 aromatic rings. The molecule has 0 saturated heterocycles. The van der Waals surface area contributed by atoms with Crippen molar-refractivity contribution >= 4 is 23.3 Å². The van der Waals surface area contributed by atoms with E-state index in [1.165, 1.54) is 12.1 Å². The Bertz CT molecular complexity index is 457. The zero-order valence-corrected chi connectivity index (χ0v) is 8.78. The largest absolute Gasteiger partial charge is 0.478 e. The predicted molar refractivity (Wildman–Crippen MR) is 59.7 cm³/mol. The standard InChI is InChI=1S/C11H12N2O3/c1-2-7-10(14)13-9-5-6(11(15)16)3-4-8(9)12-7/h3-5,7,12H,2H2,1H3,(H,13,14)(H,15,16)/t7-/m1/s1. The minimum absolute atomic E-state index is 0.127. The maximum atomic E-state index is 11.5. The summed E-state index contributed by atoms with van der Waals surface area (Å²) in [4.78, 5) is 22.3. The van der Waals surface area contributed by atoms with Gasteiger partial charge in [0.2, 0.25) is 5.91 Å². The topological polar surface area (TPSA) is 78.4 Å². The first-order valence-corrected chi connectivity index (χ1v) is 5.06. The Morgan fingerprint density at radius 3 is 2.81 bits per heavy atom. The summed E-state index contributed by atoms with van der Waals surface area (Å²) in [7, 11) is 0. The SMILES string of the molecule is CC[C@H]1Nc2ccc(C(=O)O)cc2NC1=O. The number of hydrogen-bond acceptors (Lipinski definition) is 3. The molecule has 84 valence electrons. The van der Waals surface area contributed by atoms with E-state index in [9.17, 15) is 9.59 Å². The van der Waals surface area contributed by atoms with Crippen LogP contribution in [0.25, 0.3) is 0 Å². The number of rotatable bonds is 2. The van der Waals surface area contributed by atoms with Crippen molar-refractivity contribution in [3.05, 3.63) is 23.8 Å². The van der Waals surface area contributed by atoms with E-state index in [4.69, 9.17) is 5.11 Å². The van der Waals surface area contributed by atoms with Gasteiger partial charge in [0.1, 0.15) is 6.04 Å².